The van der Waals surface area contributed by atoms with Gasteiger partial charge in [0.2, 0.25) is 0 Å². The van der Waals surface area contributed by atoms with Crippen molar-refractivity contribution in [3.05, 3.63) is 63.1 Å². The molecule has 130 valence electrons. The van der Waals surface area contributed by atoms with E-state index in [0.29, 0.717) is 27.6 Å². The number of hydrogen-bond donors (Lipinski definition) is 1. The lowest BCUT2D eigenvalue weighted by molar-refractivity contribution is 0.416. The Kier molecular flexibility index (Phi) is 5.17. The van der Waals surface area contributed by atoms with Crippen molar-refractivity contribution in [3.63, 3.8) is 0 Å². The van der Waals surface area contributed by atoms with E-state index in [4.69, 9.17) is 22.1 Å². The zero-order valence-electron chi connectivity index (χ0n) is 14.2. The number of nitrogen functional groups attached to an aromatic ring is 1. The molecule has 0 atom stereocenters. The van der Waals surface area contributed by atoms with Gasteiger partial charge in [0.25, 0.3) is 0 Å². The maximum Gasteiger partial charge on any atom is 0.142 e. The van der Waals surface area contributed by atoms with Crippen LogP contribution in [0.2, 0.25) is 5.02 Å². The van der Waals surface area contributed by atoms with Gasteiger partial charge < -0.3 is 10.5 Å². The highest BCUT2D eigenvalue weighted by atomic mass is 79.9. The SMILES string of the molecule is COc1ccc(Br)cc1-c1c(C)c(-c2ccc(Cl)cc2)nc(N)c1C#N. The van der Waals surface area contributed by atoms with Crippen LogP contribution in [0.4, 0.5) is 5.82 Å². The Hall–Kier alpha value is -2.55. The largest absolute Gasteiger partial charge is 0.496 e. The fourth-order valence-electron chi connectivity index (χ4n) is 2.91. The average Bonchev–Trinajstić information content (AvgIpc) is 2.63. The summed E-state index contributed by atoms with van der Waals surface area (Å²) in [6.45, 7) is 1.92. The third kappa shape index (κ3) is 3.26. The molecule has 0 saturated carbocycles. The van der Waals surface area contributed by atoms with E-state index in [2.05, 4.69) is 27.0 Å². The van der Waals surface area contributed by atoms with Gasteiger partial charge in [-0.2, -0.15) is 5.26 Å². The van der Waals surface area contributed by atoms with Crippen molar-refractivity contribution in [1.29, 1.82) is 5.26 Å². The molecule has 3 rings (SSSR count). The zero-order valence-corrected chi connectivity index (χ0v) is 16.5. The monoisotopic (exact) mass is 427 g/mol. The standard InChI is InChI=1S/C20H15BrClN3O/c1-11-18(15-9-13(21)5-8-17(15)26-2)16(10-23)20(24)25-19(11)12-3-6-14(22)7-4-12/h3-9H,1-2H3,(H2,24,25). The van der Waals surface area contributed by atoms with Crippen molar-refractivity contribution >= 4 is 33.3 Å². The first kappa shape index (κ1) is 18.2. The second-order valence-corrected chi connectivity index (χ2v) is 7.04. The summed E-state index contributed by atoms with van der Waals surface area (Å²) in [6.07, 6.45) is 0. The van der Waals surface area contributed by atoms with Crippen LogP contribution in [0, 0.1) is 18.3 Å². The van der Waals surface area contributed by atoms with E-state index >= 15 is 0 Å². The Balaban J connectivity index is 2.37. The van der Waals surface area contributed by atoms with Crippen LogP contribution >= 0.6 is 27.5 Å². The molecule has 2 N–H and O–H groups in total. The minimum absolute atomic E-state index is 0.181. The molecule has 6 heteroatoms. The van der Waals surface area contributed by atoms with Gasteiger partial charge in [0, 0.05) is 26.2 Å². The van der Waals surface area contributed by atoms with Crippen molar-refractivity contribution in [3.8, 4) is 34.2 Å². The Morgan fingerprint density at radius 1 is 1.19 bits per heavy atom. The third-order valence-electron chi connectivity index (χ3n) is 4.13. The van der Waals surface area contributed by atoms with E-state index < -0.39 is 0 Å². The summed E-state index contributed by atoms with van der Waals surface area (Å²) in [5.41, 5.74) is 10.4. The van der Waals surface area contributed by atoms with Gasteiger partial charge in [0.15, 0.2) is 0 Å². The smallest absolute Gasteiger partial charge is 0.142 e. The summed E-state index contributed by atoms with van der Waals surface area (Å²) in [6, 6.07) is 15.2. The number of nitrogens with two attached hydrogens (primary N) is 1. The number of hydrogen-bond acceptors (Lipinski definition) is 4. The van der Waals surface area contributed by atoms with E-state index in [-0.39, 0.29) is 5.82 Å². The molecule has 1 heterocycles. The van der Waals surface area contributed by atoms with Crippen LogP contribution in [-0.2, 0) is 0 Å². The third-order valence-corrected chi connectivity index (χ3v) is 4.87. The molecule has 4 nitrogen and oxygen atoms in total. The van der Waals surface area contributed by atoms with Crippen LogP contribution in [0.1, 0.15) is 11.1 Å². The van der Waals surface area contributed by atoms with Gasteiger partial charge in [-0.25, -0.2) is 4.98 Å². The van der Waals surface area contributed by atoms with Gasteiger partial charge in [0.1, 0.15) is 23.2 Å². The minimum atomic E-state index is 0.181. The maximum atomic E-state index is 9.68. The predicted octanol–water partition coefficient (Wildman–Crippen LogP) is 5.60. The van der Waals surface area contributed by atoms with Crippen LogP contribution in [0.5, 0.6) is 5.75 Å². The number of pyridine rings is 1. The first-order valence-corrected chi connectivity index (χ1v) is 8.93. The van der Waals surface area contributed by atoms with Crippen LogP contribution in [0.15, 0.2) is 46.9 Å². The molecule has 1 aromatic heterocycles. The molecule has 2 aromatic carbocycles. The molecular weight excluding hydrogens is 414 g/mol. The highest BCUT2D eigenvalue weighted by molar-refractivity contribution is 9.10. The summed E-state index contributed by atoms with van der Waals surface area (Å²) in [4.78, 5) is 4.47. The molecule has 0 aliphatic heterocycles. The molecule has 0 amide bonds. The molecule has 0 aliphatic carbocycles. The van der Waals surface area contributed by atoms with Crippen LogP contribution in [-0.4, -0.2) is 12.1 Å². The lowest BCUT2D eigenvalue weighted by atomic mass is 9.92. The molecule has 0 unspecified atom stereocenters. The van der Waals surface area contributed by atoms with Gasteiger partial charge in [-0.3, -0.25) is 0 Å². The van der Waals surface area contributed by atoms with Gasteiger partial charge >= 0.3 is 0 Å². The summed E-state index contributed by atoms with van der Waals surface area (Å²) < 4.78 is 6.38. The van der Waals surface area contributed by atoms with Crippen LogP contribution in [0.3, 0.4) is 0 Å². The fraction of sp³-hybridized carbons (Fsp3) is 0.100. The minimum Gasteiger partial charge on any atom is -0.496 e. The molecule has 3 aromatic rings. The van der Waals surface area contributed by atoms with Crippen molar-refractivity contribution in [2.45, 2.75) is 6.92 Å². The lowest BCUT2D eigenvalue weighted by Gasteiger charge is -2.17. The number of methoxy groups -OCH3 is 1. The van der Waals surface area contributed by atoms with E-state index in [1.807, 2.05) is 37.3 Å². The molecular formula is C20H15BrClN3O. The van der Waals surface area contributed by atoms with E-state index in [1.165, 1.54) is 0 Å². The zero-order chi connectivity index (χ0) is 18.8. The van der Waals surface area contributed by atoms with Gasteiger partial charge in [-0.15, -0.1) is 0 Å². The number of benzene rings is 2. The van der Waals surface area contributed by atoms with Crippen LogP contribution < -0.4 is 10.5 Å². The number of halogens is 2. The quantitative estimate of drug-likeness (QED) is 0.589. The van der Waals surface area contributed by atoms with Crippen molar-refractivity contribution in [2.75, 3.05) is 12.8 Å². The Bertz CT molecular complexity index is 1030. The van der Waals surface area contributed by atoms with Gasteiger partial charge in [-0.05, 0) is 42.8 Å². The maximum absolute atomic E-state index is 9.68. The van der Waals surface area contributed by atoms with E-state index in [1.54, 1.807) is 19.2 Å². The first-order chi connectivity index (χ1) is 12.5. The molecule has 0 radical (unpaired) electrons. The summed E-state index contributed by atoms with van der Waals surface area (Å²) >= 11 is 9.48. The average molecular weight is 429 g/mol. The second-order valence-electron chi connectivity index (χ2n) is 5.68. The first-order valence-electron chi connectivity index (χ1n) is 7.76. The molecule has 0 bridgehead atoms. The van der Waals surface area contributed by atoms with E-state index in [9.17, 15) is 5.26 Å². The number of anilines is 1. The normalized spacial score (nSPS) is 10.4. The Labute approximate surface area is 165 Å². The van der Waals surface area contributed by atoms with Crippen molar-refractivity contribution in [1.82, 2.24) is 4.98 Å². The summed E-state index contributed by atoms with van der Waals surface area (Å²) in [5.74, 6) is 0.834. The highest BCUT2D eigenvalue weighted by Gasteiger charge is 2.21. The molecule has 0 aliphatic rings. The number of rotatable bonds is 3. The molecule has 26 heavy (non-hydrogen) atoms. The Morgan fingerprint density at radius 2 is 1.88 bits per heavy atom. The topological polar surface area (TPSA) is 71.9 Å². The summed E-state index contributed by atoms with van der Waals surface area (Å²) in [5, 5.41) is 10.3. The van der Waals surface area contributed by atoms with Crippen molar-refractivity contribution in [2.24, 2.45) is 0 Å². The number of ether oxygens (including phenoxy) is 1. The molecule has 0 spiro atoms. The van der Waals surface area contributed by atoms with Crippen molar-refractivity contribution < 1.29 is 4.74 Å². The predicted molar refractivity (Wildman–Crippen MR) is 108 cm³/mol. The fourth-order valence-corrected chi connectivity index (χ4v) is 3.40. The highest BCUT2D eigenvalue weighted by Crippen LogP contribution is 2.41. The number of nitriles is 1. The lowest BCUT2D eigenvalue weighted by Crippen LogP contribution is -2.04. The molecule has 0 saturated heterocycles. The number of nitrogens with zero attached hydrogens (tertiary/aromatic N) is 2. The number of aromatic nitrogens is 1. The van der Waals surface area contributed by atoms with Gasteiger partial charge in [-0.1, -0.05) is 39.7 Å². The Morgan fingerprint density at radius 3 is 2.50 bits per heavy atom. The second kappa shape index (κ2) is 7.36. The van der Waals surface area contributed by atoms with Crippen LogP contribution in [0.25, 0.3) is 22.4 Å². The van der Waals surface area contributed by atoms with E-state index in [0.717, 1.165) is 21.2 Å². The van der Waals surface area contributed by atoms with Gasteiger partial charge in [0.05, 0.1) is 12.8 Å². The summed E-state index contributed by atoms with van der Waals surface area (Å²) in [7, 11) is 1.60. The molecule has 0 fully saturated rings.